The van der Waals surface area contributed by atoms with Crippen LogP contribution < -0.4 is 10.2 Å². The third kappa shape index (κ3) is 4.53. The molecule has 1 atom stereocenters. The molecule has 2 amide bonds. The predicted molar refractivity (Wildman–Crippen MR) is 128 cm³/mol. The topological polar surface area (TPSA) is 54.3 Å². The number of rotatable bonds is 5. The molecular formula is C25H26F3N3O2S. The fraction of sp³-hybridized carbons (Fsp3) is 0.360. The predicted octanol–water partition coefficient (Wildman–Crippen LogP) is 5.54. The number of alkyl halides is 3. The van der Waals surface area contributed by atoms with Gasteiger partial charge in [-0.1, -0.05) is 49.9 Å². The smallest absolute Gasteiger partial charge is 0.354 e. The lowest BCUT2D eigenvalue weighted by molar-refractivity contribution is -0.137. The Morgan fingerprint density at radius 1 is 1.18 bits per heavy atom. The first-order chi connectivity index (χ1) is 16.1. The van der Waals surface area contributed by atoms with Crippen LogP contribution in [0.25, 0.3) is 10.9 Å². The zero-order valence-electron chi connectivity index (χ0n) is 19.1. The number of hydrogen-bond donors (Lipinski definition) is 1. The number of fused-ring (bicyclic) bond motifs is 3. The summed E-state index contributed by atoms with van der Waals surface area (Å²) in [6, 6.07) is 11.1. The number of nitrogens with zero attached hydrogens (tertiary/aromatic N) is 2. The van der Waals surface area contributed by atoms with E-state index in [0.717, 1.165) is 34.5 Å². The Morgan fingerprint density at radius 2 is 1.91 bits per heavy atom. The van der Waals surface area contributed by atoms with Crippen LogP contribution >= 0.6 is 11.8 Å². The van der Waals surface area contributed by atoms with Gasteiger partial charge in [0.05, 0.1) is 16.3 Å². The molecule has 0 radical (unpaired) electrons. The number of para-hydroxylation sites is 1. The lowest BCUT2D eigenvalue weighted by Crippen LogP contribution is -2.44. The molecule has 4 rings (SSSR count). The second-order valence-electron chi connectivity index (χ2n) is 8.77. The van der Waals surface area contributed by atoms with Gasteiger partial charge in [0.15, 0.2) is 0 Å². The highest BCUT2D eigenvalue weighted by Gasteiger charge is 2.40. The summed E-state index contributed by atoms with van der Waals surface area (Å²) >= 11 is 1.30. The number of thioether (sulfide) groups is 1. The third-order valence-electron chi connectivity index (χ3n) is 5.94. The summed E-state index contributed by atoms with van der Waals surface area (Å²) in [4.78, 5) is 28.2. The Bertz CT molecular complexity index is 1240. The number of carbonyl (C=O) groups excluding carboxylic acids is 2. The molecule has 1 aliphatic heterocycles. The average Bonchev–Trinajstić information content (AvgIpc) is 2.96. The van der Waals surface area contributed by atoms with E-state index in [1.54, 1.807) is 0 Å². The van der Waals surface area contributed by atoms with Crippen LogP contribution in [0.2, 0.25) is 0 Å². The Balaban J connectivity index is 1.90. The Morgan fingerprint density at radius 3 is 2.62 bits per heavy atom. The van der Waals surface area contributed by atoms with Gasteiger partial charge in [0, 0.05) is 35.7 Å². The van der Waals surface area contributed by atoms with Gasteiger partial charge in [0.1, 0.15) is 6.04 Å². The monoisotopic (exact) mass is 489 g/mol. The molecule has 34 heavy (non-hydrogen) atoms. The molecule has 0 bridgehead atoms. The van der Waals surface area contributed by atoms with Gasteiger partial charge in [-0.05, 0) is 36.6 Å². The van der Waals surface area contributed by atoms with Crippen LogP contribution in [0.1, 0.15) is 37.4 Å². The van der Waals surface area contributed by atoms with E-state index in [2.05, 4.69) is 5.32 Å². The number of nitrogens with one attached hydrogen (secondary N) is 1. The average molecular weight is 490 g/mol. The van der Waals surface area contributed by atoms with Crippen LogP contribution in [-0.2, 0) is 22.8 Å². The van der Waals surface area contributed by atoms with Crippen molar-refractivity contribution in [2.24, 2.45) is 13.0 Å². The Labute approximate surface area is 200 Å². The summed E-state index contributed by atoms with van der Waals surface area (Å²) < 4.78 is 42.3. The van der Waals surface area contributed by atoms with Crippen molar-refractivity contribution in [3.05, 3.63) is 59.7 Å². The second kappa shape index (κ2) is 9.37. The molecule has 0 fully saturated rings. The van der Waals surface area contributed by atoms with Crippen molar-refractivity contribution in [1.29, 1.82) is 0 Å². The van der Waals surface area contributed by atoms with Crippen molar-refractivity contribution in [1.82, 2.24) is 9.88 Å². The molecule has 0 saturated carbocycles. The van der Waals surface area contributed by atoms with Gasteiger partial charge in [-0.3, -0.25) is 14.5 Å². The summed E-state index contributed by atoms with van der Waals surface area (Å²) in [5.41, 5.74) is 0.698. The molecule has 0 aliphatic carbocycles. The number of amides is 2. The zero-order valence-corrected chi connectivity index (χ0v) is 20.0. The van der Waals surface area contributed by atoms with Crippen LogP contribution in [0, 0.1) is 5.92 Å². The van der Waals surface area contributed by atoms with Gasteiger partial charge in [-0.25, -0.2) is 0 Å². The summed E-state index contributed by atoms with van der Waals surface area (Å²) in [5, 5.41) is 4.47. The number of hydrogen-bond acceptors (Lipinski definition) is 3. The van der Waals surface area contributed by atoms with Crippen LogP contribution in [0.5, 0.6) is 0 Å². The summed E-state index contributed by atoms with van der Waals surface area (Å²) in [6.45, 7) is 4.48. The van der Waals surface area contributed by atoms with E-state index in [4.69, 9.17) is 0 Å². The van der Waals surface area contributed by atoms with Gasteiger partial charge in [-0.2, -0.15) is 13.2 Å². The normalized spacial score (nSPS) is 16.6. The minimum absolute atomic E-state index is 0.00316. The number of aryl methyl sites for hydroxylation is 1. The van der Waals surface area contributed by atoms with Crippen LogP contribution in [0.3, 0.4) is 0 Å². The highest BCUT2D eigenvalue weighted by atomic mass is 32.2. The Hall–Kier alpha value is -2.94. The molecule has 0 saturated heterocycles. The largest absolute Gasteiger partial charge is 0.416 e. The standard InChI is InChI=1S/C25H26F3N3O2S/c1-15(2)11-12-29-23(33)22-21-18-9-4-5-10-19(18)30(3)24(21)34-14-20(32)31(22)17-8-6-7-16(13-17)25(26,27)28/h4-10,13,15,22H,11-12,14H2,1-3H3,(H,29,33)/t22-/m1/s1. The van der Waals surface area contributed by atoms with E-state index in [0.29, 0.717) is 18.0 Å². The van der Waals surface area contributed by atoms with Gasteiger partial charge >= 0.3 is 6.18 Å². The second-order valence-corrected chi connectivity index (χ2v) is 9.74. The summed E-state index contributed by atoms with van der Waals surface area (Å²) in [7, 11) is 1.87. The molecule has 9 heteroatoms. The van der Waals surface area contributed by atoms with Gasteiger partial charge < -0.3 is 9.88 Å². The van der Waals surface area contributed by atoms with Crippen molar-refractivity contribution in [3.63, 3.8) is 0 Å². The maximum atomic E-state index is 13.6. The summed E-state index contributed by atoms with van der Waals surface area (Å²) in [6.07, 6.45) is -3.83. The van der Waals surface area contributed by atoms with Gasteiger partial charge in [0.25, 0.3) is 0 Å². The van der Waals surface area contributed by atoms with E-state index in [9.17, 15) is 22.8 Å². The number of anilines is 1. The Kier molecular flexibility index (Phi) is 6.66. The van der Waals surface area contributed by atoms with Gasteiger partial charge in [-0.15, -0.1) is 0 Å². The molecular weight excluding hydrogens is 463 g/mol. The first-order valence-corrected chi connectivity index (χ1v) is 12.0. The fourth-order valence-corrected chi connectivity index (χ4v) is 5.33. The molecule has 1 aliphatic rings. The van der Waals surface area contributed by atoms with E-state index < -0.39 is 29.6 Å². The molecule has 180 valence electrons. The van der Waals surface area contributed by atoms with Crippen molar-refractivity contribution >= 4 is 40.2 Å². The number of benzene rings is 2. The third-order valence-corrected chi connectivity index (χ3v) is 7.10. The molecule has 0 spiro atoms. The van der Waals surface area contributed by atoms with Crippen molar-refractivity contribution in [2.45, 2.75) is 37.5 Å². The molecule has 2 aromatic carbocycles. The molecule has 1 N–H and O–H groups in total. The molecule has 2 heterocycles. The van der Waals surface area contributed by atoms with Gasteiger partial charge in [0.2, 0.25) is 11.8 Å². The first kappa shape index (κ1) is 24.2. The minimum atomic E-state index is -4.57. The number of halogens is 3. The SMILES string of the molecule is CC(C)CCNC(=O)[C@H]1c2c(n(C)c3ccccc23)SCC(=O)N1c1cccc(C(F)(F)F)c1. The van der Waals surface area contributed by atoms with Crippen molar-refractivity contribution in [2.75, 3.05) is 17.2 Å². The minimum Gasteiger partial charge on any atom is -0.354 e. The van der Waals surface area contributed by atoms with Crippen molar-refractivity contribution in [3.8, 4) is 0 Å². The van der Waals surface area contributed by atoms with Crippen molar-refractivity contribution < 1.29 is 22.8 Å². The van der Waals surface area contributed by atoms with Crippen LogP contribution in [0.15, 0.2) is 53.6 Å². The zero-order chi connectivity index (χ0) is 24.6. The van der Waals surface area contributed by atoms with E-state index in [1.807, 2.05) is 49.7 Å². The van der Waals surface area contributed by atoms with Crippen LogP contribution in [0.4, 0.5) is 18.9 Å². The summed E-state index contributed by atoms with van der Waals surface area (Å²) in [5.74, 6) is -0.470. The quantitative estimate of drug-likeness (QED) is 0.512. The first-order valence-electron chi connectivity index (χ1n) is 11.1. The molecule has 1 aromatic heterocycles. The maximum absolute atomic E-state index is 13.6. The van der Waals surface area contributed by atoms with E-state index >= 15 is 0 Å². The molecule has 5 nitrogen and oxygen atoms in total. The lowest BCUT2D eigenvalue weighted by atomic mass is 10.0. The number of carbonyl (C=O) groups is 2. The highest BCUT2D eigenvalue weighted by molar-refractivity contribution is 8.00. The number of aromatic nitrogens is 1. The highest BCUT2D eigenvalue weighted by Crippen LogP contribution is 2.44. The maximum Gasteiger partial charge on any atom is 0.416 e. The van der Waals surface area contributed by atoms with E-state index in [-0.39, 0.29) is 11.4 Å². The molecule has 3 aromatic rings. The molecule has 0 unspecified atom stereocenters. The fourth-order valence-electron chi connectivity index (χ4n) is 4.26. The lowest BCUT2D eigenvalue weighted by Gasteiger charge is -2.30. The van der Waals surface area contributed by atoms with E-state index in [1.165, 1.54) is 28.8 Å². The van der Waals surface area contributed by atoms with Crippen LogP contribution in [-0.4, -0.2) is 28.7 Å².